The molecule has 0 bridgehead atoms. The lowest BCUT2D eigenvalue weighted by atomic mass is 10.2. The molecule has 0 saturated heterocycles. The number of rotatable bonds is 6. The Balaban J connectivity index is 2.18. The highest BCUT2D eigenvalue weighted by Crippen LogP contribution is 2.35. The Morgan fingerprint density at radius 3 is 2.95 bits per heavy atom. The third kappa shape index (κ3) is 3.36. The second-order valence-electron chi connectivity index (χ2n) is 4.82. The van der Waals surface area contributed by atoms with Gasteiger partial charge >= 0.3 is 0 Å². The molecular weight excluding hydrogens is 276 g/mol. The third-order valence-corrected chi connectivity index (χ3v) is 4.90. The van der Waals surface area contributed by atoms with Crippen molar-refractivity contribution in [3.63, 3.8) is 0 Å². The zero-order valence-corrected chi connectivity index (χ0v) is 12.6. The van der Waals surface area contributed by atoms with Crippen molar-refractivity contribution in [3.8, 4) is 5.75 Å². The van der Waals surface area contributed by atoms with Gasteiger partial charge in [-0.3, -0.25) is 10.1 Å². The van der Waals surface area contributed by atoms with Gasteiger partial charge in [0.25, 0.3) is 5.69 Å². The van der Waals surface area contributed by atoms with E-state index in [-0.39, 0.29) is 10.6 Å². The Bertz CT molecular complexity index is 481. The molecule has 2 unspecified atom stereocenters. The molecule has 6 heteroatoms. The molecule has 2 rings (SSSR count). The molecule has 1 fully saturated rings. The lowest BCUT2D eigenvalue weighted by Gasteiger charge is -2.21. The predicted octanol–water partition coefficient (Wildman–Crippen LogP) is 3.69. The van der Waals surface area contributed by atoms with Crippen LogP contribution in [0, 0.1) is 10.1 Å². The van der Waals surface area contributed by atoms with E-state index in [1.165, 1.54) is 26.0 Å². The molecule has 2 atom stereocenters. The number of nitro benzene ring substituents is 1. The lowest BCUT2D eigenvalue weighted by molar-refractivity contribution is -0.384. The fraction of sp³-hybridized carbons (Fsp3) is 0.571. The van der Waals surface area contributed by atoms with E-state index >= 15 is 0 Å². The number of nitro groups is 1. The number of hydrogen-bond donors (Lipinski definition) is 1. The van der Waals surface area contributed by atoms with E-state index in [9.17, 15) is 10.1 Å². The normalized spacial score (nSPS) is 21.7. The van der Waals surface area contributed by atoms with Crippen LogP contribution in [0.25, 0.3) is 0 Å². The second kappa shape index (κ2) is 6.83. The van der Waals surface area contributed by atoms with Crippen molar-refractivity contribution in [1.82, 2.24) is 0 Å². The van der Waals surface area contributed by atoms with Gasteiger partial charge in [0, 0.05) is 11.3 Å². The van der Waals surface area contributed by atoms with Crippen LogP contribution < -0.4 is 10.1 Å². The summed E-state index contributed by atoms with van der Waals surface area (Å²) in [5, 5.41) is 15.1. The van der Waals surface area contributed by atoms with Crippen LogP contribution >= 0.6 is 11.8 Å². The van der Waals surface area contributed by atoms with Crippen molar-refractivity contribution in [2.24, 2.45) is 0 Å². The molecule has 20 heavy (non-hydrogen) atoms. The van der Waals surface area contributed by atoms with E-state index in [4.69, 9.17) is 4.74 Å². The zero-order valence-electron chi connectivity index (χ0n) is 11.8. The van der Waals surface area contributed by atoms with Crippen LogP contribution in [0.1, 0.15) is 26.2 Å². The number of thioether (sulfide) groups is 1. The molecule has 1 saturated carbocycles. The smallest absolute Gasteiger partial charge is 0.296 e. The summed E-state index contributed by atoms with van der Waals surface area (Å²) >= 11 is 1.93. The quantitative estimate of drug-likeness (QED) is 0.640. The van der Waals surface area contributed by atoms with Gasteiger partial charge in [0.1, 0.15) is 11.4 Å². The molecule has 0 spiro atoms. The minimum absolute atomic E-state index is 0.0801. The first-order valence-electron chi connectivity index (χ1n) is 6.86. The molecule has 0 aliphatic heterocycles. The molecule has 0 radical (unpaired) electrons. The number of anilines is 1. The minimum atomic E-state index is -0.359. The van der Waals surface area contributed by atoms with Crippen molar-refractivity contribution in [2.75, 3.05) is 18.2 Å². The van der Waals surface area contributed by atoms with Gasteiger partial charge in [-0.25, -0.2) is 0 Å². The van der Waals surface area contributed by atoms with Crippen molar-refractivity contribution in [1.29, 1.82) is 0 Å². The van der Waals surface area contributed by atoms with E-state index in [0.29, 0.717) is 22.7 Å². The van der Waals surface area contributed by atoms with Crippen molar-refractivity contribution >= 4 is 23.1 Å². The number of nitrogens with one attached hydrogen (secondary N) is 1. The van der Waals surface area contributed by atoms with E-state index in [1.54, 1.807) is 12.1 Å². The molecule has 1 N–H and O–H groups in total. The molecule has 1 aliphatic carbocycles. The topological polar surface area (TPSA) is 64.4 Å². The fourth-order valence-corrected chi connectivity index (χ4v) is 3.81. The first-order chi connectivity index (χ1) is 9.65. The second-order valence-corrected chi connectivity index (χ2v) is 6.33. The average molecular weight is 296 g/mol. The summed E-state index contributed by atoms with van der Waals surface area (Å²) in [7, 11) is 1.51. The highest BCUT2D eigenvalue weighted by Gasteiger charge is 2.29. The van der Waals surface area contributed by atoms with Crippen LogP contribution in [0.15, 0.2) is 18.2 Å². The number of methoxy groups -OCH3 is 1. The fourth-order valence-electron chi connectivity index (χ4n) is 2.62. The molecule has 5 nitrogen and oxygen atoms in total. The zero-order chi connectivity index (χ0) is 14.5. The van der Waals surface area contributed by atoms with Gasteiger partial charge in [0.2, 0.25) is 0 Å². The lowest BCUT2D eigenvalue weighted by Crippen LogP contribution is -2.26. The monoisotopic (exact) mass is 296 g/mol. The number of nitrogens with zero attached hydrogens (tertiary/aromatic N) is 1. The number of ether oxygens (including phenoxy) is 1. The highest BCUT2D eigenvalue weighted by molar-refractivity contribution is 7.99. The highest BCUT2D eigenvalue weighted by atomic mass is 32.2. The van der Waals surface area contributed by atoms with E-state index < -0.39 is 0 Å². The molecular formula is C14H20N2O3S. The largest absolute Gasteiger partial charge is 0.496 e. The van der Waals surface area contributed by atoms with Gasteiger partial charge in [-0.2, -0.15) is 11.8 Å². The SMILES string of the molecule is CCSC1CCCC1Nc1ccc(OC)cc1[N+](=O)[O-]. The third-order valence-electron chi connectivity index (χ3n) is 3.58. The first kappa shape index (κ1) is 15.0. The summed E-state index contributed by atoms with van der Waals surface area (Å²) in [6.07, 6.45) is 3.43. The Labute approximate surface area is 123 Å². The number of benzene rings is 1. The molecule has 1 aliphatic rings. The molecule has 0 heterocycles. The molecule has 0 aromatic heterocycles. The Morgan fingerprint density at radius 1 is 1.50 bits per heavy atom. The molecule has 1 aromatic carbocycles. The summed E-state index contributed by atoms with van der Waals surface area (Å²) in [6, 6.07) is 5.28. The first-order valence-corrected chi connectivity index (χ1v) is 7.91. The van der Waals surface area contributed by atoms with E-state index in [0.717, 1.165) is 12.2 Å². The van der Waals surface area contributed by atoms with Gasteiger partial charge in [0.05, 0.1) is 18.1 Å². The van der Waals surface area contributed by atoms with Gasteiger partial charge in [-0.1, -0.05) is 13.3 Å². The van der Waals surface area contributed by atoms with Gasteiger partial charge < -0.3 is 10.1 Å². The van der Waals surface area contributed by atoms with Crippen LogP contribution in [-0.4, -0.2) is 29.1 Å². The standard InChI is InChI=1S/C14H20N2O3S/c1-3-20-14-6-4-5-12(14)15-11-8-7-10(19-2)9-13(11)16(17)18/h7-9,12,14-15H,3-6H2,1-2H3. The summed E-state index contributed by atoms with van der Waals surface area (Å²) < 4.78 is 5.05. The van der Waals surface area contributed by atoms with E-state index in [2.05, 4.69) is 12.2 Å². The van der Waals surface area contributed by atoms with Crippen LogP contribution in [-0.2, 0) is 0 Å². The maximum absolute atomic E-state index is 11.2. The molecule has 110 valence electrons. The minimum Gasteiger partial charge on any atom is -0.496 e. The van der Waals surface area contributed by atoms with Gasteiger partial charge in [0.15, 0.2) is 0 Å². The maximum Gasteiger partial charge on any atom is 0.296 e. The summed E-state index contributed by atoms with van der Waals surface area (Å²) in [5.74, 6) is 1.58. The van der Waals surface area contributed by atoms with Crippen LogP contribution in [0.4, 0.5) is 11.4 Å². The number of hydrogen-bond acceptors (Lipinski definition) is 5. The van der Waals surface area contributed by atoms with Crippen molar-refractivity contribution in [3.05, 3.63) is 28.3 Å². The summed E-state index contributed by atoms with van der Waals surface area (Å²) in [6.45, 7) is 2.15. The Hall–Kier alpha value is -1.43. The molecule has 0 amide bonds. The Morgan fingerprint density at radius 2 is 2.30 bits per heavy atom. The summed E-state index contributed by atoms with van der Waals surface area (Å²) in [5.41, 5.74) is 0.668. The van der Waals surface area contributed by atoms with Crippen molar-refractivity contribution in [2.45, 2.75) is 37.5 Å². The maximum atomic E-state index is 11.2. The van der Waals surface area contributed by atoms with Crippen LogP contribution in [0.3, 0.4) is 0 Å². The van der Waals surface area contributed by atoms with Gasteiger partial charge in [-0.15, -0.1) is 0 Å². The Kier molecular flexibility index (Phi) is 5.11. The van der Waals surface area contributed by atoms with Gasteiger partial charge in [-0.05, 0) is 30.7 Å². The predicted molar refractivity (Wildman–Crippen MR) is 82.8 cm³/mol. The van der Waals surface area contributed by atoms with E-state index in [1.807, 2.05) is 11.8 Å². The van der Waals surface area contributed by atoms with Crippen molar-refractivity contribution < 1.29 is 9.66 Å². The van der Waals surface area contributed by atoms with Crippen LogP contribution in [0.2, 0.25) is 0 Å². The molecule has 1 aromatic rings. The summed E-state index contributed by atoms with van der Waals surface area (Å²) in [4.78, 5) is 10.8. The van der Waals surface area contributed by atoms with Crippen LogP contribution in [0.5, 0.6) is 5.75 Å². The average Bonchev–Trinajstić information content (AvgIpc) is 2.87.